The number of hydrogen-bond donors (Lipinski definition) is 0. The topological polar surface area (TPSA) is 22.1 Å². The summed E-state index contributed by atoms with van der Waals surface area (Å²) < 4.78 is 18.1. The van der Waals surface area contributed by atoms with Crippen molar-refractivity contribution in [2.24, 2.45) is 0 Å². The van der Waals surface area contributed by atoms with Crippen molar-refractivity contribution in [3.05, 3.63) is 46.3 Å². The van der Waals surface area contributed by atoms with Crippen LogP contribution >= 0.6 is 23.2 Å². The molecule has 1 heterocycles. The second-order valence-electron chi connectivity index (χ2n) is 3.38. The molecule has 0 radical (unpaired) electrons. The third kappa shape index (κ3) is 2.87. The molecule has 2 aromatic rings. The normalized spacial score (nSPS) is 10.4. The predicted molar refractivity (Wildman–Crippen MR) is 66.2 cm³/mol. The van der Waals surface area contributed by atoms with Crippen LogP contribution in [0.5, 0.6) is 5.88 Å². The van der Waals surface area contributed by atoms with Gasteiger partial charge in [-0.2, -0.15) is 9.37 Å². The van der Waals surface area contributed by atoms with Crippen LogP contribution in [-0.4, -0.2) is 12.1 Å². The third-order valence-electron chi connectivity index (χ3n) is 2.18. The van der Waals surface area contributed by atoms with Crippen LogP contribution in [0.1, 0.15) is 0 Å². The van der Waals surface area contributed by atoms with Crippen LogP contribution in [0.3, 0.4) is 0 Å². The molecule has 1 aromatic carbocycles. The van der Waals surface area contributed by atoms with Crippen LogP contribution < -0.4 is 4.74 Å². The number of ether oxygens (including phenoxy) is 1. The van der Waals surface area contributed by atoms with E-state index in [0.717, 1.165) is 0 Å². The first-order valence-electron chi connectivity index (χ1n) is 4.76. The van der Waals surface area contributed by atoms with E-state index in [2.05, 4.69) is 4.98 Å². The van der Waals surface area contributed by atoms with Gasteiger partial charge in [-0.1, -0.05) is 23.2 Å². The van der Waals surface area contributed by atoms with Gasteiger partial charge in [-0.25, -0.2) is 0 Å². The first-order valence-corrected chi connectivity index (χ1v) is 5.52. The molecule has 0 aliphatic rings. The Kier molecular flexibility index (Phi) is 3.50. The fourth-order valence-electron chi connectivity index (χ4n) is 1.46. The van der Waals surface area contributed by atoms with Crippen molar-refractivity contribution in [1.82, 2.24) is 4.98 Å². The van der Waals surface area contributed by atoms with Crippen LogP contribution in [0.4, 0.5) is 4.39 Å². The summed E-state index contributed by atoms with van der Waals surface area (Å²) >= 11 is 11.8. The highest BCUT2D eigenvalue weighted by Crippen LogP contribution is 2.29. The Labute approximate surface area is 108 Å². The van der Waals surface area contributed by atoms with E-state index < -0.39 is 5.95 Å². The Bertz CT molecular complexity index is 540. The van der Waals surface area contributed by atoms with Crippen molar-refractivity contribution in [1.29, 1.82) is 0 Å². The zero-order valence-corrected chi connectivity index (χ0v) is 10.4. The van der Waals surface area contributed by atoms with Crippen molar-refractivity contribution >= 4 is 23.2 Å². The van der Waals surface area contributed by atoms with Gasteiger partial charge in [0.25, 0.3) is 0 Å². The maximum Gasteiger partial charge on any atom is 0.216 e. The lowest BCUT2D eigenvalue weighted by atomic mass is 10.1. The summed E-state index contributed by atoms with van der Waals surface area (Å²) in [5.41, 5.74) is 1.32. The minimum Gasteiger partial charge on any atom is -0.481 e. The van der Waals surface area contributed by atoms with E-state index in [9.17, 15) is 4.39 Å². The standard InChI is InChI=1S/C12H8Cl2FNO/c1-17-12-5-8(4-11(15)16-12)7-2-9(13)6-10(14)3-7/h2-6H,1H3. The Hall–Kier alpha value is -1.32. The first-order chi connectivity index (χ1) is 8.08. The molecule has 17 heavy (non-hydrogen) atoms. The van der Waals surface area contributed by atoms with Gasteiger partial charge < -0.3 is 4.74 Å². The first kappa shape index (κ1) is 12.1. The number of hydrogen-bond acceptors (Lipinski definition) is 2. The van der Waals surface area contributed by atoms with E-state index in [0.29, 0.717) is 21.2 Å². The van der Waals surface area contributed by atoms with Crippen molar-refractivity contribution in [2.45, 2.75) is 0 Å². The maximum atomic E-state index is 13.2. The van der Waals surface area contributed by atoms with Crippen molar-refractivity contribution < 1.29 is 9.13 Å². The highest BCUT2D eigenvalue weighted by Gasteiger charge is 2.06. The predicted octanol–water partition coefficient (Wildman–Crippen LogP) is 4.20. The number of pyridine rings is 1. The molecule has 0 N–H and O–H groups in total. The number of aromatic nitrogens is 1. The summed E-state index contributed by atoms with van der Waals surface area (Å²) in [6, 6.07) is 7.92. The summed E-state index contributed by atoms with van der Waals surface area (Å²) in [4.78, 5) is 3.57. The maximum absolute atomic E-state index is 13.2. The summed E-state index contributed by atoms with van der Waals surface area (Å²) in [7, 11) is 1.43. The van der Waals surface area contributed by atoms with Gasteiger partial charge in [-0.15, -0.1) is 0 Å². The molecule has 0 spiro atoms. The molecule has 2 nitrogen and oxygen atoms in total. The van der Waals surface area contributed by atoms with Gasteiger partial charge in [0.15, 0.2) is 0 Å². The van der Waals surface area contributed by atoms with E-state index in [1.54, 1.807) is 24.3 Å². The highest BCUT2D eigenvalue weighted by atomic mass is 35.5. The molecule has 0 unspecified atom stereocenters. The summed E-state index contributed by atoms with van der Waals surface area (Å²) in [5.74, 6) is -0.411. The van der Waals surface area contributed by atoms with Gasteiger partial charge in [-0.3, -0.25) is 0 Å². The molecule has 0 bridgehead atoms. The number of benzene rings is 1. The van der Waals surface area contributed by atoms with E-state index in [-0.39, 0.29) is 5.88 Å². The molecular weight excluding hydrogens is 264 g/mol. The molecule has 0 aliphatic carbocycles. The molecule has 0 amide bonds. The van der Waals surface area contributed by atoms with Gasteiger partial charge in [0.05, 0.1) is 7.11 Å². The quantitative estimate of drug-likeness (QED) is 0.764. The summed E-state index contributed by atoms with van der Waals surface area (Å²) in [5, 5.41) is 0.979. The van der Waals surface area contributed by atoms with Crippen molar-refractivity contribution in [3.63, 3.8) is 0 Å². The molecule has 0 saturated heterocycles. The van der Waals surface area contributed by atoms with Gasteiger partial charge in [-0.05, 0) is 29.3 Å². The zero-order valence-electron chi connectivity index (χ0n) is 8.88. The monoisotopic (exact) mass is 271 g/mol. The molecule has 0 aliphatic heterocycles. The Morgan fingerprint density at radius 2 is 1.59 bits per heavy atom. The van der Waals surface area contributed by atoms with Crippen LogP contribution in [0, 0.1) is 5.95 Å². The smallest absolute Gasteiger partial charge is 0.216 e. The summed E-state index contributed by atoms with van der Waals surface area (Å²) in [6.45, 7) is 0. The fourth-order valence-corrected chi connectivity index (χ4v) is 1.99. The van der Waals surface area contributed by atoms with Gasteiger partial charge in [0.1, 0.15) is 0 Å². The van der Waals surface area contributed by atoms with Crippen molar-refractivity contribution in [3.8, 4) is 17.0 Å². The number of halogens is 3. The highest BCUT2D eigenvalue weighted by molar-refractivity contribution is 6.35. The largest absolute Gasteiger partial charge is 0.481 e. The van der Waals surface area contributed by atoms with Crippen LogP contribution in [0.25, 0.3) is 11.1 Å². The lowest BCUT2D eigenvalue weighted by molar-refractivity contribution is 0.388. The second-order valence-corrected chi connectivity index (χ2v) is 4.25. The molecule has 0 atom stereocenters. The average Bonchev–Trinajstić information content (AvgIpc) is 2.26. The fraction of sp³-hybridized carbons (Fsp3) is 0.0833. The van der Waals surface area contributed by atoms with E-state index >= 15 is 0 Å². The van der Waals surface area contributed by atoms with E-state index in [1.807, 2.05) is 0 Å². The number of methoxy groups -OCH3 is 1. The third-order valence-corrected chi connectivity index (χ3v) is 2.61. The van der Waals surface area contributed by atoms with E-state index in [4.69, 9.17) is 27.9 Å². The average molecular weight is 272 g/mol. The Morgan fingerprint density at radius 3 is 2.18 bits per heavy atom. The van der Waals surface area contributed by atoms with Gasteiger partial charge in [0, 0.05) is 22.2 Å². The Morgan fingerprint density at radius 1 is 1.00 bits per heavy atom. The molecule has 0 fully saturated rings. The van der Waals surface area contributed by atoms with Crippen LogP contribution in [0.15, 0.2) is 30.3 Å². The number of nitrogens with zero attached hydrogens (tertiary/aromatic N) is 1. The molecule has 1 aromatic heterocycles. The lowest BCUT2D eigenvalue weighted by Gasteiger charge is -2.06. The zero-order chi connectivity index (χ0) is 12.4. The second kappa shape index (κ2) is 4.90. The minimum atomic E-state index is -0.615. The Balaban J connectivity index is 2.55. The minimum absolute atomic E-state index is 0.205. The van der Waals surface area contributed by atoms with Crippen LogP contribution in [-0.2, 0) is 0 Å². The molecule has 0 saturated carbocycles. The lowest BCUT2D eigenvalue weighted by Crippen LogP contribution is -1.92. The number of rotatable bonds is 2. The van der Waals surface area contributed by atoms with Gasteiger partial charge in [0.2, 0.25) is 11.8 Å². The summed E-state index contributed by atoms with van der Waals surface area (Å²) in [6.07, 6.45) is 0. The molecular formula is C12H8Cl2FNO. The van der Waals surface area contributed by atoms with Crippen molar-refractivity contribution in [2.75, 3.05) is 7.11 Å². The van der Waals surface area contributed by atoms with Crippen LogP contribution in [0.2, 0.25) is 10.0 Å². The molecule has 88 valence electrons. The SMILES string of the molecule is COc1cc(-c2cc(Cl)cc(Cl)c2)cc(F)n1. The van der Waals surface area contributed by atoms with Gasteiger partial charge >= 0.3 is 0 Å². The van der Waals surface area contributed by atoms with E-state index in [1.165, 1.54) is 13.2 Å². The molecule has 2 rings (SSSR count). The molecule has 5 heteroatoms.